The van der Waals surface area contributed by atoms with E-state index in [1.807, 2.05) is 66.4 Å². The number of benzene rings is 2. The van der Waals surface area contributed by atoms with Crippen molar-refractivity contribution in [2.24, 2.45) is 4.99 Å². The van der Waals surface area contributed by atoms with Crippen LogP contribution >= 0.6 is 11.8 Å². The number of carbonyl (C=O) groups is 1. The van der Waals surface area contributed by atoms with Gasteiger partial charge in [-0.2, -0.15) is 0 Å². The molecule has 5 heteroatoms. The van der Waals surface area contributed by atoms with Crippen LogP contribution in [0.3, 0.4) is 0 Å². The fraction of sp³-hybridized carbons (Fsp3) is 0.300. The third-order valence-corrected chi connectivity index (χ3v) is 4.97. The molecule has 0 aromatic heterocycles. The summed E-state index contributed by atoms with van der Waals surface area (Å²) in [7, 11) is 0. The summed E-state index contributed by atoms with van der Waals surface area (Å²) in [6.07, 6.45) is 1.07. The van der Waals surface area contributed by atoms with E-state index in [1.54, 1.807) is 11.8 Å². The molecule has 130 valence electrons. The first kappa shape index (κ1) is 17.5. The van der Waals surface area contributed by atoms with E-state index in [2.05, 4.69) is 4.99 Å². The van der Waals surface area contributed by atoms with Gasteiger partial charge < -0.3 is 9.64 Å². The molecular formula is C20H22N2O2S. The summed E-state index contributed by atoms with van der Waals surface area (Å²) < 4.78 is 5.78. The summed E-state index contributed by atoms with van der Waals surface area (Å²) in [4.78, 5) is 19.4. The highest BCUT2D eigenvalue weighted by Crippen LogP contribution is 2.31. The quantitative estimate of drug-likeness (QED) is 0.727. The Labute approximate surface area is 152 Å². The maximum Gasteiger partial charge on any atom is 0.182 e. The lowest BCUT2D eigenvalue weighted by Gasteiger charge is -2.28. The van der Waals surface area contributed by atoms with Crippen LogP contribution in [0.2, 0.25) is 0 Å². The number of amidine groups is 1. The SMILES string of the molecule is CCOc1ccccc1N(CC(=O)c1ccccc1)C1=NCCCS1. The molecule has 3 rings (SSSR count). The maximum atomic E-state index is 12.8. The van der Waals surface area contributed by atoms with E-state index in [4.69, 9.17) is 4.74 Å². The second kappa shape index (κ2) is 8.72. The molecule has 1 aliphatic heterocycles. The minimum Gasteiger partial charge on any atom is -0.492 e. The van der Waals surface area contributed by atoms with E-state index in [0.29, 0.717) is 12.2 Å². The fourth-order valence-corrected chi connectivity index (χ4v) is 3.64. The number of ether oxygens (including phenoxy) is 1. The Morgan fingerprint density at radius 2 is 1.92 bits per heavy atom. The smallest absolute Gasteiger partial charge is 0.182 e. The molecule has 0 saturated carbocycles. The van der Waals surface area contributed by atoms with E-state index < -0.39 is 0 Å². The number of Topliss-reactive ketones (excluding diaryl/α,β-unsaturated/α-hetero) is 1. The van der Waals surface area contributed by atoms with E-state index in [9.17, 15) is 4.79 Å². The second-order valence-corrected chi connectivity index (χ2v) is 6.70. The highest BCUT2D eigenvalue weighted by molar-refractivity contribution is 8.14. The van der Waals surface area contributed by atoms with Crippen molar-refractivity contribution < 1.29 is 9.53 Å². The molecule has 2 aromatic rings. The second-order valence-electron chi connectivity index (χ2n) is 5.64. The molecule has 0 amide bonds. The molecular weight excluding hydrogens is 332 g/mol. The molecule has 4 nitrogen and oxygen atoms in total. The van der Waals surface area contributed by atoms with Crippen LogP contribution in [0.5, 0.6) is 5.75 Å². The zero-order valence-electron chi connectivity index (χ0n) is 14.4. The lowest BCUT2D eigenvalue weighted by Crippen LogP contribution is -2.36. The summed E-state index contributed by atoms with van der Waals surface area (Å²) >= 11 is 1.70. The number of aliphatic imine (C=N–C) groups is 1. The van der Waals surface area contributed by atoms with Crippen LogP contribution in [0.4, 0.5) is 5.69 Å². The Kier molecular flexibility index (Phi) is 6.12. The number of anilines is 1. The first-order chi connectivity index (χ1) is 12.3. The van der Waals surface area contributed by atoms with Crippen LogP contribution in [0.1, 0.15) is 23.7 Å². The van der Waals surface area contributed by atoms with Crippen LogP contribution in [0.25, 0.3) is 0 Å². The zero-order valence-corrected chi connectivity index (χ0v) is 15.2. The molecule has 0 radical (unpaired) electrons. The highest BCUT2D eigenvalue weighted by Gasteiger charge is 2.23. The topological polar surface area (TPSA) is 41.9 Å². The first-order valence-electron chi connectivity index (χ1n) is 8.54. The van der Waals surface area contributed by atoms with Gasteiger partial charge in [-0.15, -0.1) is 0 Å². The van der Waals surface area contributed by atoms with E-state index in [0.717, 1.165) is 35.3 Å². The summed E-state index contributed by atoms with van der Waals surface area (Å²) in [6, 6.07) is 17.2. The third-order valence-electron chi connectivity index (χ3n) is 3.86. The number of hydrogen-bond donors (Lipinski definition) is 0. The number of rotatable bonds is 6. The van der Waals surface area contributed by atoms with Crippen molar-refractivity contribution >= 4 is 28.4 Å². The number of carbonyl (C=O) groups excluding carboxylic acids is 1. The van der Waals surface area contributed by atoms with Gasteiger partial charge in [0.25, 0.3) is 0 Å². The molecule has 0 atom stereocenters. The maximum absolute atomic E-state index is 12.8. The van der Waals surface area contributed by atoms with Crippen LogP contribution in [-0.4, -0.2) is 36.4 Å². The van der Waals surface area contributed by atoms with E-state index >= 15 is 0 Å². The Morgan fingerprint density at radius 1 is 1.16 bits per heavy atom. The number of thioether (sulfide) groups is 1. The van der Waals surface area contributed by atoms with E-state index in [-0.39, 0.29) is 12.3 Å². The molecule has 1 heterocycles. The van der Waals surface area contributed by atoms with Gasteiger partial charge in [0.05, 0.1) is 18.8 Å². The predicted octanol–water partition coefficient (Wildman–Crippen LogP) is 4.27. The van der Waals surface area contributed by atoms with Crippen molar-refractivity contribution in [2.75, 3.05) is 30.3 Å². The van der Waals surface area contributed by atoms with Crippen molar-refractivity contribution in [2.45, 2.75) is 13.3 Å². The minimum atomic E-state index is 0.0702. The standard InChI is InChI=1S/C20H22N2O2S/c1-2-24-19-12-7-6-11-17(19)22(20-21-13-8-14-25-20)15-18(23)16-9-4-3-5-10-16/h3-7,9-12H,2,8,13-15H2,1H3. The highest BCUT2D eigenvalue weighted by atomic mass is 32.2. The molecule has 25 heavy (non-hydrogen) atoms. The van der Waals surface area contributed by atoms with Crippen molar-refractivity contribution in [3.63, 3.8) is 0 Å². The average Bonchev–Trinajstić information content (AvgIpc) is 2.68. The summed E-state index contributed by atoms with van der Waals surface area (Å²) in [5.74, 6) is 1.87. The van der Waals surface area contributed by atoms with Crippen molar-refractivity contribution in [1.29, 1.82) is 0 Å². The minimum absolute atomic E-state index is 0.0702. The normalized spacial score (nSPS) is 13.9. The first-order valence-corrected chi connectivity index (χ1v) is 9.53. The molecule has 0 unspecified atom stereocenters. The molecule has 0 spiro atoms. The van der Waals surface area contributed by atoms with E-state index in [1.165, 1.54) is 0 Å². The van der Waals surface area contributed by atoms with Crippen LogP contribution in [0, 0.1) is 0 Å². The molecule has 0 N–H and O–H groups in total. The molecule has 1 aliphatic rings. The number of para-hydroxylation sites is 2. The van der Waals surface area contributed by atoms with Gasteiger partial charge in [-0.05, 0) is 25.5 Å². The molecule has 0 bridgehead atoms. The Balaban J connectivity index is 1.93. The molecule has 0 aliphatic carbocycles. The lowest BCUT2D eigenvalue weighted by molar-refractivity contribution is 0.100. The average molecular weight is 354 g/mol. The van der Waals surface area contributed by atoms with Crippen LogP contribution in [0.15, 0.2) is 59.6 Å². The Hall–Kier alpha value is -2.27. The Morgan fingerprint density at radius 3 is 2.64 bits per heavy atom. The van der Waals surface area contributed by atoms with Crippen molar-refractivity contribution in [3.8, 4) is 5.75 Å². The molecule has 0 fully saturated rings. The number of hydrogen-bond acceptors (Lipinski definition) is 5. The summed E-state index contributed by atoms with van der Waals surface area (Å²) in [6.45, 7) is 3.59. The van der Waals surface area contributed by atoms with Crippen LogP contribution < -0.4 is 9.64 Å². The largest absolute Gasteiger partial charge is 0.492 e. The summed E-state index contributed by atoms with van der Waals surface area (Å²) in [5.41, 5.74) is 1.60. The van der Waals surface area contributed by atoms with Gasteiger partial charge in [-0.25, -0.2) is 0 Å². The lowest BCUT2D eigenvalue weighted by atomic mass is 10.1. The number of ketones is 1. The van der Waals surface area contributed by atoms with Gasteiger partial charge in [-0.3, -0.25) is 9.79 Å². The molecule has 0 saturated heterocycles. The zero-order chi connectivity index (χ0) is 17.5. The van der Waals surface area contributed by atoms with Crippen LogP contribution in [-0.2, 0) is 0 Å². The monoisotopic (exact) mass is 354 g/mol. The predicted molar refractivity (Wildman–Crippen MR) is 105 cm³/mol. The fourth-order valence-electron chi connectivity index (χ4n) is 2.68. The third kappa shape index (κ3) is 4.42. The number of nitrogens with zero attached hydrogens (tertiary/aromatic N) is 2. The van der Waals surface area contributed by atoms with Gasteiger partial charge in [0.2, 0.25) is 0 Å². The van der Waals surface area contributed by atoms with Gasteiger partial charge >= 0.3 is 0 Å². The summed E-state index contributed by atoms with van der Waals surface area (Å²) in [5, 5.41) is 0.891. The van der Waals surface area contributed by atoms with Gasteiger partial charge in [0, 0.05) is 17.9 Å². The van der Waals surface area contributed by atoms with Gasteiger partial charge in [-0.1, -0.05) is 54.2 Å². The Bertz CT molecular complexity index is 746. The van der Waals surface area contributed by atoms with Crippen molar-refractivity contribution in [3.05, 3.63) is 60.2 Å². The molecule has 2 aromatic carbocycles. The van der Waals surface area contributed by atoms with Gasteiger partial charge in [0.15, 0.2) is 11.0 Å². The van der Waals surface area contributed by atoms with Crippen molar-refractivity contribution in [1.82, 2.24) is 0 Å². The van der Waals surface area contributed by atoms with Gasteiger partial charge in [0.1, 0.15) is 5.75 Å².